The summed E-state index contributed by atoms with van der Waals surface area (Å²) in [5.41, 5.74) is 4.68. The number of nitrogens with one attached hydrogen (secondary N) is 1. The molecule has 0 radical (unpaired) electrons. The molecule has 4 rings (SSSR count). The predicted molar refractivity (Wildman–Crippen MR) is 131 cm³/mol. The van der Waals surface area contributed by atoms with Crippen molar-refractivity contribution in [3.63, 3.8) is 0 Å². The Morgan fingerprint density at radius 1 is 1.00 bits per heavy atom. The van der Waals surface area contributed by atoms with Gasteiger partial charge in [-0.1, -0.05) is 53.7 Å². The van der Waals surface area contributed by atoms with Crippen molar-refractivity contribution in [2.45, 2.75) is 31.3 Å². The maximum atomic E-state index is 12.6. The maximum Gasteiger partial charge on any atom is 0.269 e. The smallest absolute Gasteiger partial charge is 0.269 e. The van der Waals surface area contributed by atoms with Crippen LogP contribution in [-0.4, -0.2) is 25.6 Å². The number of aryl methyl sites for hydroxylation is 2. The second-order valence-electron chi connectivity index (χ2n) is 7.77. The summed E-state index contributed by atoms with van der Waals surface area (Å²) in [6.07, 6.45) is 0. The average Bonchev–Trinajstić information content (AvgIpc) is 3.25. The number of rotatable bonds is 8. The first-order valence-corrected chi connectivity index (χ1v) is 11.6. The summed E-state index contributed by atoms with van der Waals surface area (Å²) < 4.78 is 1.82. The Labute approximate surface area is 201 Å². The van der Waals surface area contributed by atoms with Crippen LogP contribution in [0.25, 0.3) is 5.69 Å². The zero-order valence-electron chi connectivity index (χ0n) is 18.8. The Bertz CT molecular complexity index is 1320. The summed E-state index contributed by atoms with van der Waals surface area (Å²) in [4.78, 5) is 23.2. The van der Waals surface area contributed by atoms with Gasteiger partial charge >= 0.3 is 0 Å². The number of nitro groups is 1. The van der Waals surface area contributed by atoms with Crippen molar-refractivity contribution in [2.24, 2.45) is 0 Å². The Morgan fingerprint density at radius 3 is 2.38 bits per heavy atom. The standard InChI is InChI=1S/C25H23N5O3S/c1-17-7-9-19(10-8-17)24(31)26-15-23-27-28-25(34-16-20-6-4-3-5-18(20)2)29(23)21-11-13-22(14-12-21)30(32)33/h3-14H,15-16H2,1-2H3,(H,26,31). The number of nitro benzene ring substituents is 1. The third-order valence-corrected chi connectivity index (χ3v) is 6.34. The quantitative estimate of drug-likeness (QED) is 0.219. The number of carbonyl (C=O) groups is 1. The molecule has 0 saturated heterocycles. The molecule has 9 heteroatoms. The Kier molecular flexibility index (Phi) is 7.03. The van der Waals surface area contributed by atoms with Crippen molar-refractivity contribution in [1.29, 1.82) is 0 Å². The molecule has 1 aromatic heterocycles. The van der Waals surface area contributed by atoms with E-state index < -0.39 is 4.92 Å². The van der Waals surface area contributed by atoms with Gasteiger partial charge in [0.05, 0.1) is 11.5 Å². The second-order valence-corrected chi connectivity index (χ2v) is 8.71. The fraction of sp³-hybridized carbons (Fsp3) is 0.160. The molecule has 0 bridgehead atoms. The van der Waals surface area contributed by atoms with E-state index in [0.29, 0.717) is 28.0 Å². The lowest BCUT2D eigenvalue weighted by atomic mass is 10.1. The minimum atomic E-state index is -0.438. The van der Waals surface area contributed by atoms with Crippen LogP contribution in [0.5, 0.6) is 0 Å². The minimum absolute atomic E-state index is 0.000150. The number of amides is 1. The molecule has 1 N–H and O–H groups in total. The molecule has 0 atom stereocenters. The van der Waals surface area contributed by atoms with Gasteiger partial charge in [-0.3, -0.25) is 19.5 Å². The van der Waals surface area contributed by atoms with Gasteiger partial charge in [0.1, 0.15) is 0 Å². The lowest BCUT2D eigenvalue weighted by Crippen LogP contribution is -2.24. The van der Waals surface area contributed by atoms with Crippen molar-refractivity contribution in [1.82, 2.24) is 20.1 Å². The number of nitrogens with zero attached hydrogens (tertiary/aromatic N) is 4. The van der Waals surface area contributed by atoms with Gasteiger partial charge in [0, 0.05) is 29.1 Å². The first kappa shape index (κ1) is 23.2. The van der Waals surface area contributed by atoms with E-state index >= 15 is 0 Å². The Morgan fingerprint density at radius 2 is 1.71 bits per heavy atom. The minimum Gasteiger partial charge on any atom is -0.345 e. The van der Waals surface area contributed by atoms with E-state index in [9.17, 15) is 14.9 Å². The maximum absolute atomic E-state index is 12.6. The topological polar surface area (TPSA) is 103 Å². The molecule has 0 unspecified atom stereocenters. The van der Waals surface area contributed by atoms with E-state index in [1.54, 1.807) is 24.3 Å². The highest BCUT2D eigenvalue weighted by atomic mass is 32.2. The fourth-order valence-corrected chi connectivity index (χ4v) is 4.42. The highest BCUT2D eigenvalue weighted by Gasteiger charge is 2.17. The number of hydrogen-bond donors (Lipinski definition) is 1. The zero-order chi connectivity index (χ0) is 24.1. The molecule has 0 spiro atoms. The summed E-state index contributed by atoms with van der Waals surface area (Å²) in [7, 11) is 0. The molecule has 0 aliphatic carbocycles. The van der Waals surface area contributed by atoms with E-state index in [-0.39, 0.29) is 18.1 Å². The van der Waals surface area contributed by atoms with Crippen molar-refractivity contribution < 1.29 is 9.72 Å². The van der Waals surface area contributed by atoms with E-state index in [1.165, 1.54) is 35.0 Å². The molecular weight excluding hydrogens is 450 g/mol. The second kappa shape index (κ2) is 10.3. The predicted octanol–water partition coefficient (Wildman–Crippen LogP) is 5.01. The van der Waals surface area contributed by atoms with Crippen LogP contribution in [0.4, 0.5) is 5.69 Å². The largest absolute Gasteiger partial charge is 0.345 e. The lowest BCUT2D eigenvalue weighted by Gasteiger charge is -2.11. The average molecular weight is 474 g/mol. The number of thioether (sulfide) groups is 1. The highest BCUT2D eigenvalue weighted by Crippen LogP contribution is 2.27. The van der Waals surface area contributed by atoms with Crippen LogP contribution >= 0.6 is 11.8 Å². The summed E-state index contributed by atoms with van der Waals surface area (Å²) >= 11 is 1.52. The van der Waals surface area contributed by atoms with Gasteiger partial charge < -0.3 is 5.32 Å². The van der Waals surface area contributed by atoms with Crippen LogP contribution in [0.3, 0.4) is 0 Å². The van der Waals surface area contributed by atoms with E-state index in [0.717, 1.165) is 5.56 Å². The van der Waals surface area contributed by atoms with Crippen molar-refractivity contribution >= 4 is 23.4 Å². The SMILES string of the molecule is Cc1ccc(C(=O)NCc2nnc(SCc3ccccc3C)n2-c2ccc([N+](=O)[O-])cc2)cc1. The van der Waals surface area contributed by atoms with Gasteiger partial charge in [-0.25, -0.2) is 0 Å². The van der Waals surface area contributed by atoms with Crippen molar-refractivity contribution in [2.75, 3.05) is 0 Å². The molecule has 0 aliphatic heterocycles. The van der Waals surface area contributed by atoms with E-state index in [4.69, 9.17) is 0 Å². The third kappa shape index (κ3) is 5.32. The highest BCUT2D eigenvalue weighted by molar-refractivity contribution is 7.98. The molecule has 0 fully saturated rings. The number of carbonyl (C=O) groups excluding carboxylic acids is 1. The van der Waals surface area contributed by atoms with Gasteiger partial charge in [0.25, 0.3) is 11.6 Å². The van der Waals surface area contributed by atoms with Crippen LogP contribution in [0.1, 0.15) is 32.9 Å². The monoisotopic (exact) mass is 473 g/mol. The van der Waals surface area contributed by atoms with Gasteiger partial charge in [-0.15, -0.1) is 10.2 Å². The molecule has 1 amide bonds. The summed E-state index contributed by atoms with van der Waals surface area (Å²) in [6, 6.07) is 21.6. The van der Waals surface area contributed by atoms with Crippen LogP contribution in [0.2, 0.25) is 0 Å². The van der Waals surface area contributed by atoms with Crippen LogP contribution in [0, 0.1) is 24.0 Å². The first-order chi connectivity index (χ1) is 16.4. The van der Waals surface area contributed by atoms with Gasteiger partial charge in [-0.2, -0.15) is 0 Å². The summed E-state index contributed by atoms with van der Waals surface area (Å²) in [6.45, 7) is 4.18. The Hall–Kier alpha value is -3.98. The van der Waals surface area contributed by atoms with Crippen LogP contribution < -0.4 is 5.32 Å². The van der Waals surface area contributed by atoms with Crippen LogP contribution in [0.15, 0.2) is 78.0 Å². The lowest BCUT2D eigenvalue weighted by molar-refractivity contribution is -0.384. The molecule has 8 nitrogen and oxygen atoms in total. The number of hydrogen-bond acceptors (Lipinski definition) is 6. The number of benzene rings is 3. The normalized spacial score (nSPS) is 10.8. The first-order valence-electron chi connectivity index (χ1n) is 10.6. The molecule has 1 heterocycles. The van der Waals surface area contributed by atoms with Gasteiger partial charge in [0.15, 0.2) is 11.0 Å². The fourth-order valence-electron chi connectivity index (χ4n) is 3.37. The van der Waals surface area contributed by atoms with Gasteiger partial charge in [-0.05, 0) is 49.2 Å². The van der Waals surface area contributed by atoms with Gasteiger partial charge in [0.2, 0.25) is 0 Å². The van der Waals surface area contributed by atoms with E-state index in [2.05, 4.69) is 34.6 Å². The Balaban J connectivity index is 1.60. The molecule has 3 aromatic carbocycles. The summed E-state index contributed by atoms with van der Waals surface area (Å²) in [5, 5.41) is 23.3. The third-order valence-electron chi connectivity index (χ3n) is 5.36. The molecule has 0 aliphatic rings. The molecule has 4 aromatic rings. The van der Waals surface area contributed by atoms with Crippen molar-refractivity contribution in [3.05, 3.63) is 111 Å². The number of non-ortho nitro benzene ring substituents is 1. The molecule has 172 valence electrons. The molecule has 0 saturated carbocycles. The van der Waals surface area contributed by atoms with Crippen LogP contribution in [-0.2, 0) is 12.3 Å². The van der Waals surface area contributed by atoms with Crippen molar-refractivity contribution in [3.8, 4) is 5.69 Å². The number of aromatic nitrogens is 3. The molecule has 34 heavy (non-hydrogen) atoms. The van der Waals surface area contributed by atoms with E-state index in [1.807, 2.05) is 35.8 Å². The molecular formula is C25H23N5O3S. The summed E-state index contributed by atoms with van der Waals surface area (Å²) in [5.74, 6) is 1.00. The zero-order valence-corrected chi connectivity index (χ0v) is 19.6.